The van der Waals surface area contributed by atoms with Crippen LogP contribution in [0.15, 0.2) is 52.0 Å². The number of thiophene rings is 1. The zero-order chi connectivity index (χ0) is 18.6. The first kappa shape index (κ1) is 20.1. The zero-order valence-corrected chi connectivity index (χ0v) is 16.3. The second kappa shape index (κ2) is 11.4. The number of unbranched alkanes of at least 4 members (excludes halogenated alkanes) is 2. The summed E-state index contributed by atoms with van der Waals surface area (Å²) in [7, 11) is 0. The zero-order valence-electron chi connectivity index (χ0n) is 14.6. The first-order chi connectivity index (χ1) is 12.7. The van der Waals surface area contributed by atoms with Crippen LogP contribution in [0.25, 0.3) is 0 Å². The molecule has 3 aromatic rings. The van der Waals surface area contributed by atoms with Crippen molar-refractivity contribution in [2.24, 2.45) is 5.73 Å². The molecule has 3 heterocycles. The lowest BCUT2D eigenvalue weighted by molar-refractivity contribution is 0.100. The Morgan fingerprint density at radius 1 is 1.31 bits per heavy atom. The van der Waals surface area contributed by atoms with Crippen molar-refractivity contribution in [3.05, 3.63) is 58.7 Å². The number of nitrogens with zero attached hydrogens (tertiary/aromatic N) is 3. The molecule has 0 spiro atoms. The number of rotatable bonds is 8. The van der Waals surface area contributed by atoms with Crippen LogP contribution in [0.1, 0.15) is 47.2 Å². The number of primary amides is 1. The minimum absolute atomic E-state index is 0.347. The molecule has 3 aromatic heterocycles. The second-order valence-corrected chi connectivity index (χ2v) is 7.40. The highest BCUT2D eigenvalue weighted by Crippen LogP contribution is 2.15. The SMILES string of the molecule is CCCCCSc1ncnc(Cc2ccoc2)n1.NC(=O)c1cccs1. The van der Waals surface area contributed by atoms with E-state index < -0.39 is 0 Å². The lowest BCUT2D eigenvalue weighted by Crippen LogP contribution is -2.07. The lowest BCUT2D eigenvalue weighted by atomic mass is 10.2. The van der Waals surface area contributed by atoms with Gasteiger partial charge in [-0.3, -0.25) is 4.79 Å². The van der Waals surface area contributed by atoms with Gasteiger partial charge in [0.15, 0.2) is 5.16 Å². The van der Waals surface area contributed by atoms with Gasteiger partial charge in [0.25, 0.3) is 5.91 Å². The predicted molar refractivity (Wildman–Crippen MR) is 104 cm³/mol. The number of hydrogen-bond acceptors (Lipinski definition) is 7. The molecule has 0 unspecified atom stereocenters. The first-order valence-electron chi connectivity index (χ1n) is 8.34. The molecule has 0 bridgehead atoms. The Kier molecular flexibility index (Phi) is 8.85. The fraction of sp³-hybridized carbons (Fsp3) is 0.333. The number of furan rings is 1. The topological polar surface area (TPSA) is 94.9 Å². The molecule has 0 fully saturated rings. The van der Waals surface area contributed by atoms with Gasteiger partial charge in [0.05, 0.1) is 17.4 Å². The van der Waals surface area contributed by atoms with Crippen LogP contribution >= 0.6 is 23.1 Å². The van der Waals surface area contributed by atoms with E-state index in [1.807, 2.05) is 11.4 Å². The minimum Gasteiger partial charge on any atom is -0.472 e. The number of thioether (sulfide) groups is 1. The van der Waals surface area contributed by atoms with Crippen molar-refractivity contribution in [1.82, 2.24) is 15.0 Å². The molecular formula is C18H22N4O2S2. The minimum atomic E-state index is -0.347. The predicted octanol–water partition coefficient (Wildman–Crippen LogP) is 4.18. The van der Waals surface area contributed by atoms with Crippen molar-refractivity contribution in [2.45, 2.75) is 37.8 Å². The van der Waals surface area contributed by atoms with Crippen LogP contribution in [-0.2, 0) is 6.42 Å². The van der Waals surface area contributed by atoms with Gasteiger partial charge in [-0.15, -0.1) is 11.3 Å². The van der Waals surface area contributed by atoms with Gasteiger partial charge in [-0.25, -0.2) is 15.0 Å². The molecule has 26 heavy (non-hydrogen) atoms. The molecule has 0 aliphatic rings. The molecule has 6 nitrogen and oxygen atoms in total. The van der Waals surface area contributed by atoms with E-state index in [1.54, 1.807) is 42.7 Å². The smallest absolute Gasteiger partial charge is 0.258 e. The number of hydrogen-bond donors (Lipinski definition) is 1. The van der Waals surface area contributed by atoms with Gasteiger partial charge in [-0.05, 0) is 29.5 Å². The van der Waals surface area contributed by atoms with Crippen molar-refractivity contribution in [2.75, 3.05) is 5.75 Å². The Morgan fingerprint density at radius 3 is 2.81 bits per heavy atom. The summed E-state index contributed by atoms with van der Waals surface area (Å²) in [6.45, 7) is 2.20. The number of amides is 1. The summed E-state index contributed by atoms with van der Waals surface area (Å²) in [4.78, 5) is 23.7. The molecule has 0 radical (unpaired) electrons. The van der Waals surface area contributed by atoms with Crippen LogP contribution in [0.3, 0.4) is 0 Å². The number of carbonyl (C=O) groups excluding carboxylic acids is 1. The van der Waals surface area contributed by atoms with Gasteiger partial charge in [0, 0.05) is 12.2 Å². The summed E-state index contributed by atoms with van der Waals surface area (Å²) < 4.78 is 5.03. The van der Waals surface area contributed by atoms with Gasteiger partial charge < -0.3 is 10.2 Å². The quantitative estimate of drug-likeness (QED) is 0.458. The maximum atomic E-state index is 10.3. The van der Waals surface area contributed by atoms with E-state index >= 15 is 0 Å². The summed E-state index contributed by atoms with van der Waals surface area (Å²) in [6, 6.07) is 5.43. The van der Waals surface area contributed by atoms with Crippen molar-refractivity contribution >= 4 is 29.0 Å². The van der Waals surface area contributed by atoms with Gasteiger partial charge in [-0.1, -0.05) is 37.6 Å². The Bertz CT molecular complexity index is 761. The van der Waals surface area contributed by atoms with Crippen LogP contribution in [0.4, 0.5) is 0 Å². The normalized spacial score (nSPS) is 10.2. The molecule has 1 amide bonds. The van der Waals surface area contributed by atoms with Crippen molar-refractivity contribution in [3.8, 4) is 0 Å². The summed E-state index contributed by atoms with van der Waals surface area (Å²) in [6.07, 6.45) is 9.38. The van der Waals surface area contributed by atoms with Gasteiger partial charge in [-0.2, -0.15) is 0 Å². The highest BCUT2D eigenvalue weighted by atomic mass is 32.2. The molecule has 0 aliphatic heterocycles. The monoisotopic (exact) mass is 390 g/mol. The van der Waals surface area contributed by atoms with E-state index in [1.165, 1.54) is 30.6 Å². The molecule has 0 atom stereocenters. The maximum Gasteiger partial charge on any atom is 0.258 e. The van der Waals surface area contributed by atoms with Crippen LogP contribution < -0.4 is 5.73 Å². The molecule has 3 rings (SSSR count). The fourth-order valence-corrected chi connectivity index (χ4v) is 3.38. The Labute approximate surface area is 161 Å². The maximum absolute atomic E-state index is 10.3. The standard InChI is InChI=1S/C13H17N3OS.C5H5NOS/c1-2-3-4-7-18-13-15-10-14-12(16-13)8-11-5-6-17-9-11;6-5(7)4-2-1-3-8-4/h5-6,9-10H,2-4,7-8H2,1H3;1-3H,(H2,6,7). The average molecular weight is 391 g/mol. The first-order valence-corrected chi connectivity index (χ1v) is 10.2. The van der Waals surface area contributed by atoms with Crippen LogP contribution in [0, 0.1) is 0 Å². The average Bonchev–Trinajstić information content (AvgIpc) is 3.33. The molecule has 0 aromatic carbocycles. The molecule has 138 valence electrons. The van der Waals surface area contributed by atoms with Gasteiger partial charge >= 0.3 is 0 Å². The molecule has 0 saturated carbocycles. The van der Waals surface area contributed by atoms with E-state index in [0.29, 0.717) is 11.3 Å². The van der Waals surface area contributed by atoms with E-state index in [4.69, 9.17) is 10.2 Å². The third kappa shape index (κ3) is 7.37. The number of aromatic nitrogens is 3. The Balaban J connectivity index is 0.000000254. The van der Waals surface area contributed by atoms with E-state index in [-0.39, 0.29) is 5.91 Å². The van der Waals surface area contributed by atoms with E-state index in [0.717, 1.165) is 22.3 Å². The van der Waals surface area contributed by atoms with Crippen molar-refractivity contribution in [3.63, 3.8) is 0 Å². The third-order valence-corrected chi connectivity index (χ3v) is 5.12. The molecule has 8 heteroatoms. The van der Waals surface area contributed by atoms with E-state index in [9.17, 15) is 4.79 Å². The van der Waals surface area contributed by atoms with Crippen molar-refractivity contribution < 1.29 is 9.21 Å². The van der Waals surface area contributed by atoms with Gasteiger partial charge in [0.1, 0.15) is 12.2 Å². The second-order valence-electron chi connectivity index (χ2n) is 5.39. The highest BCUT2D eigenvalue weighted by molar-refractivity contribution is 7.99. The molecule has 0 saturated heterocycles. The third-order valence-electron chi connectivity index (χ3n) is 3.29. The summed E-state index contributed by atoms with van der Waals surface area (Å²) in [5, 5.41) is 2.64. The Hall–Kier alpha value is -2.19. The number of nitrogens with two attached hydrogens (primary N) is 1. The lowest BCUT2D eigenvalue weighted by Gasteiger charge is -2.01. The summed E-state index contributed by atoms with van der Waals surface area (Å²) in [5.74, 6) is 1.52. The Morgan fingerprint density at radius 2 is 2.19 bits per heavy atom. The molecule has 0 aliphatic carbocycles. The fourth-order valence-electron chi connectivity index (χ4n) is 1.98. The largest absolute Gasteiger partial charge is 0.472 e. The summed E-state index contributed by atoms with van der Waals surface area (Å²) in [5.41, 5.74) is 6.02. The highest BCUT2D eigenvalue weighted by Gasteiger charge is 2.04. The van der Waals surface area contributed by atoms with Crippen molar-refractivity contribution in [1.29, 1.82) is 0 Å². The molecule has 2 N–H and O–H groups in total. The van der Waals surface area contributed by atoms with Crippen LogP contribution in [0.2, 0.25) is 0 Å². The van der Waals surface area contributed by atoms with E-state index in [2.05, 4.69) is 21.9 Å². The van der Waals surface area contributed by atoms with Crippen LogP contribution in [0.5, 0.6) is 0 Å². The summed E-state index contributed by atoms with van der Waals surface area (Å²) >= 11 is 3.06. The van der Waals surface area contributed by atoms with Gasteiger partial charge in [0.2, 0.25) is 0 Å². The molecular weight excluding hydrogens is 368 g/mol. The van der Waals surface area contributed by atoms with Crippen LogP contribution in [-0.4, -0.2) is 26.6 Å². The number of carbonyl (C=O) groups is 1.